The summed E-state index contributed by atoms with van der Waals surface area (Å²) in [4.78, 5) is 16.3. The Balaban J connectivity index is 4.42. The number of nitrogens with one attached hydrogen (secondary N) is 1. The highest BCUT2D eigenvalue weighted by Gasteiger charge is 2.19. The van der Waals surface area contributed by atoms with Gasteiger partial charge in [0.1, 0.15) is 11.7 Å². The van der Waals surface area contributed by atoms with Crippen LogP contribution in [0.2, 0.25) is 0 Å². The van der Waals surface area contributed by atoms with Gasteiger partial charge in [-0.25, -0.2) is 4.79 Å². The zero-order valence-electron chi connectivity index (χ0n) is 13.7. The van der Waals surface area contributed by atoms with Crippen LogP contribution >= 0.6 is 0 Å². The van der Waals surface area contributed by atoms with Gasteiger partial charge in [-0.3, -0.25) is 9.02 Å². The minimum absolute atomic E-state index is 0.0462. The van der Waals surface area contributed by atoms with Crippen molar-refractivity contribution >= 4 is 16.2 Å². The molecule has 7 nitrogen and oxygen atoms in total. The molecule has 0 saturated heterocycles. The summed E-state index contributed by atoms with van der Waals surface area (Å²) in [7, 11) is -3.62. The van der Waals surface area contributed by atoms with Crippen molar-refractivity contribution in [3.05, 3.63) is 24.3 Å². The van der Waals surface area contributed by atoms with E-state index in [0.717, 1.165) is 6.26 Å². The van der Waals surface area contributed by atoms with Crippen molar-refractivity contribution in [2.45, 2.75) is 45.8 Å². The number of hydrogen-bond acceptors (Lipinski definition) is 6. The Bertz CT molecular complexity index is 504. The van der Waals surface area contributed by atoms with E-state index in [1.807, 2.05) is 0 Å². The Morgan fingerprint density at radius 2 is 1.95 bits per heavy atom. The topological polar surface area (TPSA) is 90.9 Å². The number of carbonyl (C=O) groups excluding carboxylic acids is 1. The van der Waals surface area contributed by atoms with E-state index < -0.39 is 27.9 Å². The van der Waals surface area contributed by atoms with Crippen molar-refractivity contribution < 1.29 is 27.0 Å². The van der Waals surface area contributed by atoms with Gasteiger partial charge in [-0.1, -0.05) is 18.7 Å². The largest absolute Gasteiger partial charge is 0.442 e. The lowest BCUT2D eigenvalue weighted by atomic mass is 10.1. The lowest BCUT2D eigenvalue weighted by Gasteiger charge is -2.20. The van der Waals surface area contributed by atoms with Gasteiger partial charge in [0.05, 0.1) is 12.9 Å². The Labute approximate surface area is 132 Å². The van der Waals surface area contributed by atoms with Crippen molar-refractivity contribution in [2.75, 3.05) is 12.9 Å². The smallest absolute Gasteiger partial charge is 0.431 e. The fraction of sp³-hybridized carbons (Fsp3) is 0.643. The third kappa shape index (κ3) is 10.4. The maximum atomic E-state index is 11.4. The highest BCUT2D eigenvalue weighted by molar-refractivity contribution is 7.86. The molecule has 0 fully saturated rings. The van der Waals surface area contributed by atoms with Crippen LogP contribution in [0.1, 0.15) is 34.1 Å². The third-order valence-corrected chi connectivity index (χ3v) is 2.85. The van der Waals surface area contributed by atoms with Gasteiger partial charge in [0, 0.05) is 6.42 Å². The van der Waals surface area contributed by atoms with Crippen LogP contribution in [0.3, 0.4) is 0 Å². The van der Waals surface area contributed by atoms with Crippen molar-refractivity contribution in [3.63, 3.8) is 0 Å². The molecule has 0 bridgehead atoms. The molecule has 0 aromatic rings. The number of amides is 1. The molecule has 0 radical (unpaired) electrons. The molecular weight excluding hydrogens is 310 g/mol. The molecule has 1 N–H and O–H groups in total. The van der Waals surface area contributed by atoms with Gasteiger partial charge in [-0.2, -0.15) is 13.9 Å². The molecule has 0 saturated carbocycles. The molecule has 0 heterocycles. The van der Waals surface area contributed by atoms with Gasteiger partial charge in [0.15, 0.2) is 0 Å². The van der Waals surface area contributed by atoms with Crippen molar-refractivity contribution in [2.24, 2.45) is 0 Å². The highest BCUT2D eigenvalue weighted by Crippen LogP contribution is 2.15. The second-order valence-corrected chi connectivity index (χ2v) is 7.12. The minimum Gasteiger partial charge on any atom is -0.442 e. The summed E-state index contributed by atoms with van der Waals surface area (Å²) in [6.45, 7) is 10.6. The molecule has 0 aliphatic rings. The first-order valence-corrected chi connectivity index (χ1v) is 8.58. The average molecular weight is 335 g/mol. The molecule has 1 atom stereocenters. The Morgan fingerprint density at radius 1 is 1.36 bits per heavy atom. The van der Waals surface area contributed by atoms with Crippen LogP contribution in [0.15, 0.2) is 24.3 Å². The number of hydrogen-bond donors (Lipinski definition) is 1. The van der Waals surface area contributed by atoms with Crippen LogP contribution < -0.4 is 5.48 Å². The zero-order chi connectivity index (χ0) is 17.4. The molecule has 1 amide bonds. The summed E-state index contributed by atoms with van der Waals surface area (Å²) >= 11 is 0. The standard InChI is InChI=1S/C14H25NO6S/c1-7-11(8-2)12(21-22(6,17)18)9-10-19-15-13(16)20-14(3,4)5/h7-8,12H,1,9-10H2,2-6H3,(H,15,16)/b11-8+/t12-/m1/s1. The van der Waals surface area contributed by atoms with E-state index in [4.69, 9.17) is 13.8 Å². The monoisotopic (exact) mass is 335 g/mol. The second-order valence-electron chi connectivity index (χ2n) is 5.52. The van der Waals surface area contributed by atoms with E-state index in [1.165, 1.54) is 6.08 Å². The molecule has 0 spiro atoms. The summed E-state index contributed by atoms with van der Waals surface area (Å²) < 4.78 is 32.5. The quantitative estimate of drug-likeness (QED) is 0.317. The molecular formula is C14H25NO6S. The second kappa shape index (κ2) is 8.92. The first kappa shape index (κ1) is 20.6. The molecule has 128 valence electrons. The molecule has 0 aromatic heterocycles. The summed E-state index contributed by atoms with van der Waals surface area (Å²) in [5.41, 5.74) is 2.11. The van der Waals surface area contributed by atoms with Gasteiger partial charge in [0.2, 0.25) is 0 Å². The van der Waals surface area contributed by atoms with Gasteiger partial charge in [-0.15, -0.1) is 0 Å². The Kier molecular flexibility index (Phi) is 8.36. The van der Waals surface area contributed by atoms with Crippen LogP contribution in [-0.4, -0.2) is 39.1 Å². The lowest BCUT2D eigenvalue weighted by Crippen LogP contribution is -2.33. The van der Waals surface area contributed by atoms with Crippen LogP contribution in [0.25, 0.3) is 0 Å². The third-order valence-electron chi connectivity index (χ3n) is 2.27. The van der Waals surface area contributed by atoms with Gasteiger partial charge >= 0.3 is 6.09 Å². The summed E-state index contributed by atoms with van der Waals surface area (Å²) in [6, 6.07) is 0. The van der Waals surface area contributed by atoms with E-state index in [1.54, 1.807) is 33.8 Å². The Morgan fingerprint density at radius 3 is 2.36 bits per heavy atom. The molecule has 0 aliphatic heterocycles. The zero-order valence-corrected chi connectivity index (χ0v) is 14.5. The predicted octanol–water partition coefficient (Wildman–Crippen LogP) is 2.31. The van der Waals surface area contributed by atoms with Crippen molar-refractivity contribution in [1.29, 1.82) is 0 Å². The molecule has 0 rings (SSSR count). The summed E-state index contributed by atoms with van der Waals surface area (Å²) in [5.74, 6) is 0. The molecule has 0 aliphatic carbocycles. The maximum Gasteiger partial charge on any atom is 0.431 e. The first-order chi connectivity index (χ1) is 9.98. The molecule has 0 aromatic carbocycles. The van der Waals surface area contributed by atoms with Crippen LogP contribution in [-0.2, 0) is 23.9 Å². The van der Waals surface area contributed by atoms with E-state index >= 15 is 0 Å². The highest BCUT2D eigenvalue weighted by atomic mass is 32.2. The van der Waals surface area contributed by atoms with Crippen molar-refractivity contribution in [3.8, 4) is 0 Å². The fourth-order valence-corrected chi connectivity index (χ4v) is 2.12. The van der Waals surface area contributed by atoms with Gasteiger partial charge in [-0.05, 0) is 33.3 Å². The van der Waals surface area contributed by atoms with Crippen LogP contribution in [0, 0.1) is 0 Å². The maximum absolute atomic E-state index is 11.4. The fourth-order valence-electron chi connectivity index (χ4n) is 1.49. The van der Waals surface area contributed by atoms with Crippen LogP contribution in [0.4, 0.5) is 4.79 Å². The molecule has 8 heteroatoms. The number of allylic oxidation sites excluding steroid dienone is 1. The van der Waals surface area contributed by atoms with E-state index in [9.17, 15) is 13.2 Å². The van der Waals surface area contributed by atoms with E-state index in [-0.39, 0.29) is 13.0 Å². The Hall–Kier alpha value is -1.38. The van der Waals surface area contributed by atoms with Crippen molar-refractivity contribution in [1.82, 2.24) is 5.48 Å². The lowest BCUT2D eigenvalue weighted by molar-refractivity contribution is -0.0125. The van der Waals surface area contributed by atoms with Crippen LogP contribution in [0.5, 0.6) is 0 Å². The number of carbonyl (C=O) groups is 1. The number of ether oxygens (including phenoxy) is 1. The SMILES string of the molecule is C=C/C(=C\C)[C@@H](CCONC(=O)OC(C)(C)C)OS(C)(=O)=O. The molecule has 22 heavy (non-hydrogen) atoms. The summed E-state index contributed by atoms with van der Waals surface area (Å²) in [6.07, 6.45) is 2.95. The molecule has 0 unspecified atom stereocenters. The predicted molar refractivity (Wildman–Crippen MR) is 83.6 cm³/mol. The summed E-state index contributed by atoms with van der Waals surface area (Å²) in [5, 5.41) is 0. The van der Waals surface area contributed by atoms with E-state index in [2.05, 4.69) is 12.1 Å². The van der Waals surface area contributed by atoms with Gasteiger partial charge < -0.3 is 4.74 Å². The van der Waals surface area contributed by atoms with E-state index in [0.29, 0.717) is 5.57 Å². The first-order valence-electron chi connectivity index (χ1n) is 6.76. The average Bonchev–Trinajstić information content (AvgIpc) is 2.31. The normalized spacial score (nSPS) is 14.3. The number of hydroxylamine groups is 1. The van der Waals surface area contributed by atoms with Gasteiger partial charge in [0.25, 0.3) is 10.1 Å². The minimum atomic E-state index is -3.62. The number of rotatable bonds is 8.